The van der Waals surface area contributed by atoms with E-state index < -0.39 is 0 Å². The molecule has 0 spiro atoms. The lowest BCUT2D eigenvalue weighted by Gasteiger charge is -2.23. The van der Waals surface area contributed by atoms with Gasteiger partial charge in [0.05, 0.1) is 5.52 Å². The lowest BCUT2D eigenvalue weighted by atomic mass is 10.0. The maximum atomic E-state index is 14.6. The maximum Gasteiger partial charge on any atom is 0.147 e. The highest BCUT2D eigenvalue weighted by Gasteiger charge is 2.23. The first-order chi connectivity index (χ1) is 11.6. The van der Waals surface area contributed by atoms with Crippen LogP contribution in [0.2, 0.25) is 0 Å². The molecule has 0 unspecified atom stereocenters. The van der Waals surface area contributed by atoms with E-state index in [0.29, 0.717) is 5.52 Å². The van der Waals surface area contributed by atoms with E-state index in [4.69, 9.17) is 0 Å². The van der Waals surface area contributed by atoms with E-state index in [1.807, 2.05) is 18.2 Å². The Morgan fingerprint density at radius 2 is 2.00 bits per heavy atom. The van der Waals surface area contributed by atoms with E-state index in [0.717, 1.165) is 36.0 Å². The summed E-state index contributed by atoms with van der Waals surface area (Å²) in [5.74, 6) is -0.164. The molecule has 3 heterocycles. The Morgan fingerprint density at radius 3 is 2.79 bits per heavy atom. The van der Waals surface area contributed by atoms with Crippen LogP contribution in [-0.4, -0.2) is 28.0 Å². The zero-order valence-electron chi connectivity index (χ0n) is 14.0. The molecule has 3 aromatic rings. The van der Waals surface area contributed by atoms with Crippen LogP contribution in [0.15, 0.2) is 42.7 Å². The van der Waals surface area contributed by atoms with Crippen molar-refractivity contribution in [3.8, 4) is 0 Å². The summed E-state index contributed by atoms with van der Waals surface area (Å²) in [6, 6.07) is 9.34. The molecule has 0 atom stereocenters. The normalized spacial score (nSPS) is 15.7. The molecule has 0 saturated heterocycles. The van der Waals surface area contributed by atoms with Gasteiger partial charge in [0.15, 0.2) is 0 Å². The van der Waals surface area contributed by atoms with Gasteiger partial charge in [-0.3, -0.25) is 4.98 Å². The van der Waals surface area contributed by atoms with Gasteiger partial charge in [-0.2, -0.15) is 0 Å². The number of para-hydroxylation sites is 1. The molecule has 3 nitrogen and oxygen atoms in total. The Morgan fingerprint density at radius 1 is 1.21 bits per heavy atom. The third-order valence-corrected chi connectivity index (χ3v) is 4.81. The van der Waals surface area contributed by atoms with Crippen LogP contribution >= 0.6 is 0 Å². The Balaban J connectivity index is 1.95. The Kier molecular flexibility index (Phi) is 3.69. The number of halogens is 1. The number of fused-ring (bicyclic) bond motifs is 3. The second-order valence-electron chi connectivity index (χ2n) is 6.47. The lowest BCUT2D eigenvalue weighted by molar-refractivity contribution is 0.312. The molecule has 0 aliphatic carbocycles. The average Bonchev–Trinajstić information content (AvgIpc) is 2.90. The smallest absolute Gasteiger partial charge is 0.147 e. The lowest BCUT2D eigenvalue weighted by Crippen LogP contribution is -2.26. The molecule has 2 aromatic heterocycles. The maximum absolute atomic E-state index is 14.6. The number of aromatic nitrogens is 2. The number of hydrogen-bond donors (Lipinski definition) is 0. The summed E-state index contributed by atoms with van der Waals surface area (Å²) in [5.41, 5.74) is 5.36. The van der Waals surface area contributed by atoms with Crippen LogP contribution in [0.4, 0.5) is 4.39 Å². The van der Waals surface area contributed by atoms with Crippen LogP contribution < -0.4 is 0 Å². The van der Waals surface area contributed by atoms with Gasteiger partial charge in [0.1, 0.15) is 5.82 Å². The molecule has 122 valence electrons. The van der Waals surface area contributed by atoms with E-state index in [-0.39, 0.29) is 5.82 Å². The molecular formula is C20H20FN3. The van der Waals surface area contributed by atoms with Crippen molar-refractivity contribution in [2.75, 3.05) is 13.6 Å². The van der Waals surface area contributed by atoms with Gasteiger partial charge >= 0.3 is 0 Å². The average molecular weight is 321 g/mol. The van der Waals surface area contributed by atoms with Crippen molar-refractivity contribution >= 4 is 22.7 Å². The molecule has 0 bridgehead atoms. The fourth-order valence-corrected chi connectivity index (χ4v) is 3.56. The van der Waals surface area contributed by atoms with Crippen LogP contribution in [0.5, 0.6) is 0 Å². The van der Waals surface area contributed by atoms with Crippen molar-refractivity contribution in [3.05, 3.63) is 65.4 Å². The zero-order chi connectivity index (χ0) is 16.7. The fraction of sp³-hybridized carbons (Fsp3) is 0.250. The minimum Gasteiger partial charge on any atom is -0.317 e. The van der Waals surface area contributed by atoms with E-state index in [9.17, 15) is 4.39 Å². The number of benzene rings is 1. The van der Waals surface area contributed by atoms with E-state index in [1.165, 1.54) is 11.3 Å². The number of allylic oxidation sites excluding steroid dienone is 1. The molecule has 0 fully saturated rings. The van der Waals surface area contributed by atoms with Crippen molar-refractivity contribution in [1.82, 2.24) is 14.5 Å². The summed E-state index contributed by atoms with van der Waals surface area (Å²) in [7, 11) is 2.11. The largest absolute Gasteiger partial charge is 0.317 e. The molecule has 4 heteroatoms. The second-order valence-corrected chi connectivity index (χ2v) is 6.47. The van der Waals surface area contributed by atoms with Gasteiger partial charge in [-0.15, -0.1) is 0 Å². The quantitative estimate of drug-likeness (QED) is 0.706. The first-order valence-electron chi connectivity index (χ1n) is 8.22. The number of pyridine rings is 1. The van der Waals surface area contributed by atoms with E-state index in [2.05, 4.69) is 34.6 Å². The zero-order valence-corrected chi connectivity index (χ0v) is 14.0. The standard InChI is InChI=1S/C20H20FN3/c1-14(15-6-9-22-10-7-15)12-24-19-8-11-23(2)13-17(19)16-4-3-5-18(21)20(16)24/h3-7,9-10,12H,8,11,13H2,1-2H3/b14-12-. The highest BCUT2D eigenvalue weighted by Crippen LogP contribution is 2.33. The minimum atomic E-state index is -0.164. The molecule has 0 saturated carbocycles. The molecule has 1 aromatic carbocycles. The molecule has 1 aliphatic heterocycles. The molecular weight excluding hydrogens is 301 g/mol. The summed E-state index contributed by atoms with van der Waals surface area (Å²) >= 11 is 0. The highest BCUT2D eigenvalue weighted by molar-refractivity contribution is 5.90. The van der Waals surface area contributed by atoms with Gasteiger partial charge < -0.3 is 9.47 Å². The molecule has 1 aliphatic rings. The van der Waals surface area contributed by atoms with Crippen molar-refractivity contribution < 1.29 is 4.39 Å². The predicted molar refractivity (Wildman–Crippen MR) is 96.0 cm³/mol. The topological polar surface area (TPSA) is 21.1 Å². The van der Waals surface area contributed by atoms with E-state index >= 15 is 0 Å². The molecule has 0 N–H and O–H groups in total. The molecule has 4 rings (SSSR count). The van der Waals surface area contributed by atoms with Crippen molar-refractivity contribution in [3.63, 3.8) is 0 Å². The second kappa shape index (κ2) is 5.87. The number of likely N-dealkylation sites (N-methyl/N-ethyl adjacent to an activating group) is 1. The SMILES string of the molecule is C/C(=C/n1c2c(c3cccc(F)c31)CN(C)CC2)c1ccncc1. The van der Waals surface area contributed by atoms with Crippen LogP contribution in [0.1, 0.15) is 23.7 Å². The number of rotatable bonds is 2. The fourth-order valence-electron chi connectivity index (χ4n) is 3.56. The first kappa shape index (κ1) is 15.1. The Hall–Kier alpha value is -2.46. The Bertz CT molecular complexity index is 925. The van der Waals surface area contributed by atoms with Gasteiger partial charge in [-0.1, -0.05) is 12.1 Å². The summed E-state index contributed by atoms with van der Waals surface area (Å²) in [5, 5.41) is 1.02. The monoisotopic (exact) mass is 321 g/mol. The summed E-state index contributed by atoms with van der Waals surface area (Å²) < 4.78 is 16.7. The van der Waals surface area contributed by atoms with Crippen LogP contribution in [0.25, 0.3) is 22.7 Å². The van der Waals surface area contributed by atoms with Gasteiger partial charge in [-0.05, 0) is 48.9 Å². The van der Waals surface area contributed by atoms with Crippen molar-refractivity contribution in [1.29, 1.82) is 0 Å². The molecule has 0 amide bonds. The van der Waals surface area contributed by atoms with Crippen LogP contribution in [0.3, 0.4) is 0 Å². The molecule has 0 radical (unpaired) electrons. The summed E-state index contributed by atoms with van der Waals surface area (Å²) in [6.45, 7) is 3.92. The van der Waals surface area contributed by atoms with Crippen LogP contribution in [-0.2, 0) is 13.0 Å². The van der Waals surface area contributed by atoms with Gasteiger partial charge in [0.2, 0.25) is 0 Å². The first-order valence-corrected chi connectivity index (χ1v) is 8.22. The van der Waals surface area contributed by atoms with Gasteiger partial charge in [0.25, 0.3) is 0 Å². The highest BCUT2D eigenvalue weighted by atomic mass is 19.1. The third kappa shape index (κ3) is 2.43. The summed E-state index contributed by atoms with van der Waals surface area (Å²) in [4.78, 5) is 6.36. The van der Waals surface area contributed by atoms with Crippen molar-refractivity contribution in [2.45, 2.75) is 19.9 Å². The number of nitrogens with zero attached hydrogens (tertiary/aromatic N) is 3. The summed E-state index contributed by atoms with van der Waals surface area (Å²) in [6.07, 6.45) is 6.56. The molecule has 24 heavy (non-hydrogen) atoms. The third-order valence-electron chi connectivity index (χ3n) is 4.81. The Labute approximate surface area is 141 Å². The van der Waals surface area contributed by atoms with Gasteiger partial charge in [0, 0.05) is 49.2 Å². The number of hydrogen-bond acceptors (Lipinski definition) is 2. The van der Waals surface area contributed by atoms with Crippen LogP contribution in [0, 0.1) is 5.82 Å². The minimum absolute atomic E-state index is 0.164. The van der Waals surface area contributed by atoms with Crippen molar-refractivity contribution in [2.24, 2.45) is 0 Å². The predicted octanol–water partition coefficient (Wildman–Crippen LogP) is 4.18. The van der Waals surface area contributed by atoms with E-state index in [1.54, 1.807) is 24.5 Å². The van der Waals surface area contributed by atoms with Gasteiger partial charge in [-0.25, -0.2) is 4.39 Å².